The van der Waals surface area contributed by atoms with E-state index in [0.717, 1.165) is 0 Å². The normalized spacial score (nSPS) is 12.4. The Hall–Kier alpha value is -3.44. The highest BCUT2D eigenvalue weighted by atomic mass is 16.6. The largest absolute Gasteiger partial charge is 0.480 e. The van der Waals surface area contributed by atoms with Crippen LogP contribution in [0.5, 0.6) is 0 Å². The minimum atomic E-state index is -1.24. The van der Waals surface area contributed by atoms with Crippen molar-refractivity contribution in [1.82, 2.24) is 24.8 Å². The molecule has 0 radical (unpaired) electrons. The van der Waals surface area contributed by atoms with Crippen LogP contribution in [0.1, 0.15) is 34.1 Å². The Morgan fingerprint density at radius 1 is 1.36 bits per heavy atom. The molecule has 12 nitrogen and oxygen atoms in total. The summed E-state index contributed by atoms with van der Waals surface area (Å²) in [6, 6.07) is -1.22. The van der Waals surface area contributed by atoms with Gasteiger partial charge in [-0.05, 0) is 27.2 Å². The SMILES string of the molecule is CC(=O)Nc1nc2c(ncn2CC[C@H](NC(=O)OC(C)(C)C)C(=O)O)c(=O)[nH]1. The summed E-state index contributed by atoms with van der Waals surface area (Å²) in [6.07, 6.45) is 0.471. The second kappa shape index (κ2) is 8.06. The fourth-order valence-corrected chi connectivity index (χ4v) is 2.32. The number of carboxylic acids is 1. The highest BCUT2D eigenvalue weighted by molar-refractivity contribution is 5.87. The maximum absolute atomic E-state index is 12.0. The number of fused-ring (bicyclic) bond motifs is 1. The number of aromatic nitrogens is 4. The monoisotopic (exact) mass is 394 g/mol. The highest BCUT2D eigenvalue weighted by Crippen LogP contribution is 2.11. The summed E-state index contributed by atoms with van der Waals surface area (Å²) in [4.78, 5) is 56.9. The molecule has 1 atom stereocenters. The van der Waals surface area contributed by atoms with E-state index in [0.29, 0.717) is 0 Å². The van der Waals surface area contributed by atoms with Crippen LogP contribution in [0.25, 0.3) is 11.2 Å². The standard InChI is InChI=1S/C16H22N6O6/c1-8(23)18-14-20-11-10(12(24)21-14)17-7-22(11)6-5-9(13(25)26)19-15(27)28-16(2,3)4/h7,9H,5-6H2,1-4H3,(H,19,27)(H,25,26)(H2,18,20,21,23,24)/t9-/m0/s1. The summed E-state index contributed by atoms with van der Waals surface area (Å²) in [5.41, 5.74) is -1.09. The lowest BCUT2D eigenvalue weighted by atomic mass is 10.2. The number of alkyl carbamates (subject to hydrolysis) is 1. The van der Waals surface area contributed by atoms with Crippen LogP contribution in [-0.2, 0) is 20.9 Å². The Kier molecular flexibility index (Phi) is 6.01. The Morgan fingerprint density at radius 3 is 2.61 bits per heavy atom. The number of carboxylic acid groups (broad SMARTS) is 1. The fraction of sp³-hybridized carbons (Fsp3) is 0.500. The summed E-state index contributed by atoms with van der Waals surface area (Å²) < 4.78 is 6.52. The molecule has 0 saturated heterocycles. The summed E-state index contributed by atoms with van der Waals surface area (Å²) in [5, 5.41) is 14.0. The first-order valence-corrected chi connectivity index (χ1v) is 8.41. The van der Waals surface area contributed by atoms with E-state index in [1.165, 1.54) is 17.8 Å². The van der Waals surface area contributed by atoms with Crippen molar-refractivity contribution >= 4 is 35.1 Å². The van der Waals surface area contributed by atoms with Gasteiger partial charge in [-0.2, -0.15) is 4.98 Å². The predicted octanol–water partition coefficient (Wildman–Crippen LogP) is 0.446. The molecule has 152 valence electrons. The number of carbonyl (C=O) groups is 3. The zero-order chi connectivity index (χ0) is 21.1. The number of nitrogens with zero attached hydrogens (tertiary/aromatic N) is 3. The minimum Gasteiger partial charge on any atom is -0.480 e. The first kappa shape index (κ1) is 20.9. The number of ether oxygens (including phenoxy) is 1. The Bertz CT molecular complexity index is 957. The Balaban J connectivity index is 2.17. The zero-order valence-electron chi connectivity index (χ0n) is 15.9. The third kappa shape index (κ3) is 5.53. The van der Waals surface area contributed by atoms with Crippen LogP contribution in [0.2, 0.25) is 0 Å². The molecule has 2 amide bonds. The highest BCUT2D eigenvalue weighted by Gasteiger charge is 2.24. The third-order valence-corrected chi connectivity index (χ3v) is 3.42. The Labute approximate surface area is 159 Å². The van der Waals surface area contributed by atoms with Gasteiger partial charge in [0.15, 0.2) is 11.2 Å². The number of aryl methyl sites for hydroxylation is 1. The number of imidazole rings is 1. The van der Waals surface area contributed by atoms with E-state index >= 15 is 0 Å². The maximum Gasteiger partial charge on any atom is 0.408 e. The lowest BCUT2D eigenvalue weighted by Crippen LogP contribution is -2.43. The summed E-state index contributed by atoms with van der Waals surface area (Å²) in [6.45, 7) is 6.35. The van der Waals surface area contributed by atoms with E-state index in [1.807, 2.05) is 0 Å². The van der Waals surface area contributed by atoms with Crippen molar-refractivity contribution in [2.45, 2.75) is 52.3 Å². The van der Waals surface area contributed by atoms with Gasteiger partial charge in [-0.1, -0.05) is 0 Å². The number of hydrogen-bond donors (Lipinski definition) is 4. The van der Waals surface area contributed by atoms with Crippen molar-refractivity contribution in [2.75, 3.05) is 5.32 Å². The molecule has 4 N–H and O–H groups in total. The van der Waals surface area contributed by atoms with Crippen molar-refractivity contribution in [3.05, 3.63) is 16.7 Å². The lowest BCUT2D eigenvalue weighted by molar-refractivity contribution is -0.139. The van der Waals surface area contributed by atoms with Gasteiger partial charge in [0.05, 0.1) is 6.33 Å². The summed E-state index contributed by atoms with van der Waals surface area (Å²) in [7, 11) is 0. The van der Waals surface area contributed by atoms with Gasteiger partial charge in [0.25, 0.3) is 5.56 Å². The van der Waals surface area contributed by atoms with Gasteiger partial charge in [0.1, 0.15) is 11.6 Å². The number of amides is 2. The van der Waals surface area contributed by atoms with Crippen LogP contribution in [0.4, 0.5) is 10.7 Å². The van der Waals surface area contributed by atoms with E-state index in [2.05, 4.69) is 25.6 Å². The molecule has 2 aromatic rings. The van der Waals surface area contributed by atoms with Gasteiger partial charge < -0.3 is 19.7 Å². The van der Waals surface area contributed by atoms with Crippen molar-refractivity contribution in [3.63, 3.8) is 0 Å². The number of aromatic amines is 1. The smallest absolute Gasteiger partial charge is 0.408 e. The molecule has 0 aliphatic heterocycles. The van der Waals surface area contributed by atoms with E-state index < -0.39 is 35.2 Å². The molecule has 0 fully saturated rings. The number of carbonyl (C=O) groups excluding carboxylic acids is 2. The second-order valence-corrected chi connectivity index (χ2v) is 7.03. The first-order valence-electron chi connectivity index (χ1n) is 8.41. The van der Waals surface area contributed by atoms with Crippen molar-refractivity contribution in [2.24, 2.45) is 0 Å². The average molecular weight is 394 g/mol. The van der Waals surface area contributed by atoms with Crippen LogP contribution in [-0.4, -0.2) is 54.2 Å². The zero-order valence-corrected chi connectivity index (χ0v) is 15.9. The maximum atomic E-state index is 12.0. The molecule has 2 rings (SSSR count). The number of aliphatic carboxylic acids is 1. The number of anilines is 1. The Morgan fingerprint density at radius 2 is 2.04 bits per heavy atom. The molecule has 12 heteroatoms. The molecule has 0 spiro atoms. The van der Waals surface area contributed by atoms with E-state index in [-0.39, 0.29) is 30.1 Å². The van der Waals surface area contributed by atoms with E-state index in [1.54, 1.807) is 20.8 Å². The number of nitrogens with one attached hydrogen (secondary N) is 3. The quantitative estimate of drug-likeness (QED) is 0.547. The number of hydrogen-bond acceptors (Lipinski definition) is 7. The molecule has 0 saturated carbocycles. The number of rotatable bonds is 6. The molecular formula is C16H22N6O6. The second-order valence-electron chi connectivity index (χ2n) is 7.03. The molecule has 0 unspecified atom stereocenters. The van der Waals surface area contributed by atoms with Crippen LogP contribution >= 0.6 is 0 Å². The van der Waals surface area contributed by atoms with E-state index in [9.17, 15) is 24.3 Å². The first-order chi connectivity index (χ1) is 13.0. The van der Waals surface area contributed by atoms with Gasteiger partial charge in [0, 0.05) is 13.5 Å². The molecule has 0 aliphatic rings. The molecule has 0 bridgehead atoms. The molecular weight excluding hydrogens is 372 g/mol. The fourth-order valence-electron chi connectivity index (χ4n) is 2.32. The number of H-pyrrole nitrogens is 1. The molecule has 28 heavy (non-hydrogen) atoms. The summed E-state index contributed by atoms with van der Waals surface area (Å²) in [5.74, 6) is -1.70. The molecule has 0 aliphatic carbocycles. The van der Waals surface area contributed by atoms with Crippen molar-refractivity contribution in [1.29, 1.82) is 0 Å². The predicted molar refractivity (Wildman–Crippen MR) is 97.9 cm³/mol. The van der Waals surface area contributed by atoms with Gasteiger partial charge in [-0.3, -0.25) is 19.9 Å². The summed E-state index contributed by atoms with van der Waals surface area (Å²) >= 11 is 0. The van der Waals surface area contributed by atoms with Crippen molar-refractivity contribution in [3.8, 4) is 0 Å². The topological polar surface area (TPSA) is 168 Å². The van der Waals surface area contributed by atoms with Crippen molar-refractivity contribution < 1.29 is 24.2 Å². The van der Waals surface area contributed by atoms with Gasteiger partial charge >= 0.3 is 12.1 Å². The van der Waals surface area contributed by atoms with Crippen LogP contribution in [0.15, 0.2) is 11.1 Å². The van der Waals surface area contributed by atoms with Gasteiger partial charge in [-0.15, -0.1) is 0 Å². The minimum absolute atomic E-state index is 0.00994. The molecule has 2 aromatic heterocycles. The van der Waals surface area contributed by atoms with Crippen LogP contribution < -0.4 is 16.2 Å². The lowest BCUT2D eigenvalue weighted by Gasteiger charge is -2.22. The van der Waals surface area contributed by atoms with Crippen LogP contribution in [0, 0.1) is 0 Å². The van der Waals surface area contributed by atoms with Crippen LogP contribution in [0.3, 0.4) is 0 Å². The third-order valence-electron chi connectivity index (χ3n) is 3.42. The van der Waals surface area contributed by atoms with Gasteiger partial charge in [-0.25, -0.2) is 14.6 Å². The molecule has 2 heterocycles. The van der Waals surface area contributed by atoms with Gasteiger partial charge in [0.2, 0.25) is 11.9 Å². The molecule has 0 aromatic carbocycles. The van der Waals surface area contributed by atoms with E-state index in [4.69, 9.17) is 4.74 Å². The average Bonchev–Trinajstić information content (AvgIpc) is 2.92.